The van der Waals surface area contributed by atoms with Gasteiger partial charge in [-0.1, -0.05) is 28.1 Å². The molecule has 1 fully saturated rings. The van der Waals surface area contributed by atoms with E-state index in [0.717, 1.165) is 10.2 Å². The Morgan fingerprint density at radius 1 is 1.16 bits per heavy atom. The molecule has 0 radical (unpaired) electrons. The van der Waals surface area contributed by atoms with Gasteiger partial charge in [-0.3, -0.25) is 9.59 Å². The lowest BCUT2D eigenvalue weighted by molar-refractivity contribution is -0.124. The minimum Gasteiger partial charge on any atom is -0.497 e. The molecule has 0 bridgehead atoms. The Bertz CT molecular complexity index is 809. The van der Waals surface area contributed by atoms with Crippen molar-refractivity contribution in [3.63, 3.8) is 0 Å². The van der Waals surface area contributed by atoms with Crippen LogP contribution in [0.4, 0.5) is 5.69 Å². The highest BCUT2D eigenvalue weighted by Crippen LogP contribution is 2.25. The summed E-state index contributed by atoms with van der Waals surface area (Å²) in [5, 5.41) is 0. The second-order valence-electron chi connectivity index (χ2n) is 5.88. The summed E-state index contributed by atoms with van der Waals surface area (Å²) in [5.74, 6) is 0.381. The fraction of sp³-hybridized carbons (Fsp3) is 0.263. The quantitative estimate of drug-likeness (QED) is 0.790. The summed E-state index contributed by atoms with van der Waals surface area (Å²) in [6.45, 7) is 2.72. The Morgan fingerprint density at radius 3 is 2.64 bits per heavy atom. The molecular formula is C19H19BrN2O3. The number of rotatable bonds is 3. The second kappa shape index (κ2) is 7.27. The monoisotopic (exact) mass is 402 g/mol. The van der Waals surface area contributed by atoms with Crippen molar-refractivity contribution in [3.05, 3.63) is 58.6 Å². The van der Waals surface area contributed by atoms with Crippen LogP contribution in [0.2, 0.25) is 0 Å². The number of benzene rings is 2. The lowest BCUT2D eigenvalue weighted by Crippen LogP contribution is -2.57. The third-order valence-electron chi connectivity index (χ3n) is 4.35. The first-order chi connectivity index (χ1) is 12.0. The van der Waals surface area contributed by atoms with Gasteiger partial charge in [-0.2, -0.15) is 0 Å². The molecule has 2 amide bonds. The maximum absolute atomic E-state index is 12.8. The molecule has 130 valence electrons. The van der Waals surface area contributed by atoms with Crippen molar-refractivity contribution in [1.29, 1.82) is 0 Å². The number of hydrogen-bond donors (Lipinski definition) is 0. The molecule has 6 heteroatoms. The zero-order chi connectivity index (χ0) is 18.0. The Morgan fingerprint density at radius 2 is 1.92 bits per heavy atom. The molecule has 1 saturated heterocycles. The molecule has 0 aromatic heterocycles. The smallest absolute Gasteiger partial charge is 0.254 e. The number of hydrogen-bond acceptors (Lipinski definition) is 3. The highest BCUT2D eigenvalue weighted by molar-refractivity contribution is 9.10. The fourth-order valence-electron chi connectivity index (χ4n) is 2.97. The molecule has 25 heavy (non-hydrogen) atoms. The van der Waals surface area contributed by atoms with E-state index in [1.54, 1.807) is 48.1 Å². The summed E-state index contributed by atoms with van der Waals surface area (Å²) in [5.41, 5.74) is 1.36. The van der Waals surface area contributed by atoms with Crippen molar-refractivity contribution in [1.82, 2.24) is 4.90 Å². The largest absolute Gasteiger partial charge is 0.497 e. The van der Waals surface area contributed by atoms with E-state index in [-0.39, 0.29) is 11.8 Å². The van der Waals surface area contributed by atoms with Crippen molar-refractivity contribution >= 4 is 33.4 Å². The normalized spacial score (nSPS) is 17.6. The molecule has 0 N–H and O–H groups in total. The Balaban J connectivity index is 1.80. The highest BCUT2D eigenvalue weighted by atomic mass is 79.9. The van der Waals surface area contributed by atoms with Crippen LogP contribution < -0.4 is 9.64 Å². The van der Waals surface area contributed by atoms with E-state index < -0.39 is 6.04 Å². The highest BCUT2D eigenvalue weighted by Gasteiger charge is 2.35. The summed E-state index contributed by atoms with van der Waals surface area (Å²) in [4.78, 5) is 29.0. The van der Waals surface area contributed by atoms with Crippen molar-refractivity contribution in [2.24, 2.45) is 0 Å². The van der Waals surface area contributed by atoms with Gasteiger partial charge < -0.3 is 14.5 Å². The predicted octanol–water partition coefficient (Wildman–Crippen LogP) is 3.34. The van der Waals surface area contributed by atoms with Crippen LogP contribution in [0.15, 0.2) is 53.0 Å². The van der Waals surface area contributed by atoms with E-state index >= 15 is 0 Å². The first kappa shape index (κ1) is 17.5. The maximum atomic E-state index is 12.8. The molecule has 5 nitrogen and oxygen atoms in total. The fourth-order valence-corrected chi connectivity index (χ4v) is 3.36. The molecule has 1 aliphatic rings. The summed E-state index contributed by atoms with van der Waals surface area (Å²) in [6, 6.07) is 14.1. The number of nitrogens with zero attached hydrogens (tertiary/aromatic N) is 2. The molecule has 2 aromatic rings. The molecule has 0 aliphatic carbocycles. The van der Waals surface area contributed by atoms with E-state index in [1.807, 2.05) is 24.3 Å². The van der Waals surface area contributed by atoms with E-state index in [4.69, 9.17) is 4.74 Å². The van der Waals surface area contributed by atoms with Gasteiger partial charge in [0.05, 0.1) is 7.11 Å². The molecule has 1 unspecified atom stereocenters. The third-order valence-corrected chi connectivity index (χ3v) is 4.85. The lowest BCUT2D eigenvalue weighted by Gasteiger charge is -2.39. The van der Waals surface area contributed by atoms with Gasteiger partial charge in [0.25, 0.3) is 5.91 Å². The summed E-state index contributed by atoms with van der Waals surface area (Å²) in [7, 11) is 1.56. The first-order valence-electron chi connectivity index (χ1n) is 8.03. The molecule has 1 aliphatic heterocycles. The van der Waals surface area contributed by atoms with Gasteiger partial charge in [0.2, 0.25) is 5.91 Å². The van der Waals surface area contributed by atoms with Crippen LogP contribution in [0.25, 0.3) is 0 Å². The first-order valence-corrected chi connectivity index (χ1v) is 8.82. The minimum atomic E-state index is -0.522. The average molecular weight is 403 g/mol. The number of carbonyl (C=O) groups is 2. The topological polar surface area (TPSA) is 49.9 Å². The van der Waals surface area contributed by atoms with Crippen molar-refractivity contribution in [2.75, 3.05) is 25.1 Å². The van der Waals surface area contributed by atoms with Crippen LogP contribution in [-0.4, -0.2) is 43.0 Å². The molecule has 1 atom stereocenters. The van der Waals surface area contributed by atoms with Gasteiger partial charge in [0.1, 0.15) is 11.8 Å². The van der Waals surface area contributed by atoms with Gasteiger partial charge in [0.15, 0.2) is 0 Å². The number of piperazine rings is 1. The standard InChI is InChI=1S/C19H19BrN2O3/c1-13-18(23)22(16-7-4-6-15(20)12-16)10-9-21(13)19(24)14-5-3-8-17(11-14)25-2/h3-8,11-13H,9-10H2,1-2H3. The van der Waals surface area contributed by atoms with E-state index in [2.05, 4.69) is 15.9 Å². The maximum Gasteiger partial charge on any atom is 0.254 e. The second-order valence-corrected chi connectivity index (χ2v) is 6.79. The summed E-state index contributed by atoms with van der Waals surface area (Å²) in [6.07, 6.45) is 0. The number of halogens is 1. The van der Waals surface area contributed by atoms with Gasteiger partial charge in [-0.05, 0) is 43.3 Å². The van der Waals surface area contributed by atoms with Crippen LogP contribution in [0.1, 0.15) is 17.3 Å². The number of carbonyl (C=O) groups excluding carboxylic acids is 2. The Labute approximate surface area is 155 Å². The molecule has 0 spiro atoms. The minimum absolute atomic E-state index is 0.0828. The lowest BCUT2D eigenvalue weighted by atomic mass is 10.1. The van der Waals surface area contributed by atoms with Crippen molar-refractivity contribution in [2.45, 2.75) is 13.0 Å². The molecule has 2 aromatic carbocycles. The van der Waals surface area contributed by atoms with Crippen LogP contribution in [0.3, 0.4) is 0 Å². The van der Waals surface area contributed by atoms with Crippen LogP contribution in [-0.2, 0) is 4.79 Å². The van der Waals surface area contributed by atoms with Crippen LogP contribution >= 0.6 is 15.9 Å². The number of methoxy groups -OCH3 is 1. The average Bonchev–Trinajstić information content (AvgIpc) is 2.63. The van der Waals surface area contributed by atoms with Gasteiger partial charge in [-0.25, -0.2) is 0 Å². The van der Waals surface area contributed by atoms with E-state index in [1.165, 1.54) is 0 Å². The third kappa shape index (κ3) is 3.54. The van der Waals surface area contributed by atoms with E-state index in [0.29, 0.717) is 24.4 Å². The summed E-state index contributed by atoms with van der Waals surface area (Å²) < 4.78 is 6.09. The van der Waals surface area contributed by atoms with Gasteiger partial charge in [0, 0.05) is 28.8 Å². The van der Waals surface area contributed by atoms with Gasteiger partial charge >= 0.3 is 0 Å². The SMILES string of the molecule is COc1cccc(C(=O)N2CCN(c3cccc(Br)c3)C(=O)C2C)c1. The Kier molecular flexibility index (Phi) is 5.08. The van der Waals surface area contributed by atoms with Gasteiger partial charge in [-0.15, -0.1) is 0 Å². The van der Waals surface area contributed by atoms with Crippen LogP contribution in [0.5, 0.6) is 5.75 Å². The zero-order valence-electron chi connectivity index (χ0n) is 14.1. The summed E-state index contributed by atoms with van der Waals surface area (Å²) >= 11 is 3.43. The number of anilines is 1. The number of ether oxygens (including phenoxy) is 1. The Hall–Kier alpha value is -2.34. The number of amides is 2. The predicted molar refractivity (Wildman–Crippen MR) is 100.0 cm³/mol. The molecule has 1 heterocycles. The zero-order valence-corrected chi connectivity index (χ0v) is 15.7. The molecule has 0 saturated carbocycles. The molecule has 3 rings (SSSR count). The van der Waals surface area contributed by atoms with Crippen LogP contribution in [0, 0.1) is 0 Å². The molecular weight excluding hydrogens is 384 g/mol. The van der Waals surface area contributed by atoms with Crippen molar-refractivity contribution in [3.8, 4) is 5.75 Å². The van der Waals surface area contributed by atoms with E-state index in [9.17, 15) is 9.59 Å². The van der Waals surface area contributed by atoms with Crippen molar-refractivity contribution < 1.29 is 14.3 Å².